The molecule has 0 aliphatic carbocycles. The molecule has 0 aliphatic heterocycles. The number of hydrogen-bond donors (Lipinski definition) is 1. The van der Waals surface area contributed by atoms with Gasteiger partial charge in [0.25, 0.3) is 5.78 Å². The van der Waals surface area contributed by atoms with Crippen molar-refractivity contribution < 1.29 is 14.3 Å². The fraction of sp³-hybridized carbons (Fsp3) is 0.200. The van der Waals surface area contributed by atoms with Gasteiger partial charge < -0.3 is 10.5 Å². The Hall–Kier alpha value is -1.68. The summed E-state index contributed by atoms with van der Waals surface area (Å²) in [6, 6.07) is 7.73. The molecule has 1 rings (SSSR count). The van der Waals surface area contributed by atoms with Gasteiger partial charge in [-0.2, -0.15) is 0 Å². The lowest BCUT2D eigenvalue weighted by Gasteiger charge is -2.08. The minimum Gasteiger partial charge on any atom is -0.463 e. The first-order valence-corrected chi connectivity index (χ1v) is 4.09. The Bertz CT molecular complexity index is 334. The zero-order chi connectivity index (χ0) is 10.6. The molecule has 0 saturated carbocycles. The summed E-state index contributed by atoms with van der Waals surface area (Å²) in [5.74, 6) is -1.65. The van der Waals surface area contributed by atoms with Crippen LogP contribution in [0.1, 0.15) is 11.6 Å². The van der Waals surface area contributed by atoms with Crippen LogP contribution in [-0.2, 0) is 14.3 Å². The first-order chi connectivity index (χ1) is 6.66. The third-order valence-electron chi connectivity index (χ3n) is 1.83. The van der Waals surface area contributed by atoms with E-state index in [0.29, 0.717) is 5.56 Å². The van der Waals surface area contributed by atoms with Crippen molar-refractivity contribution in [3.8, 4) is 0 Å². The number of carbonyl (C=O) groups is 2. The SMILES string of the molecule is COC(=O)C(=O)[C@@H](N)c1ccccc1. The van der Waals surface area contributed by atoms with Crippen molar-refractivity contribution >= 4 is 11.8 Å². The molecule has 1 atom stereocenters. The van der Waals surface area contributed by atoms with Crippen LogP contribution >= 0.6 is 0 Å². The number of Topliss-reactive ketones (excluding diaryl/α,β-unsaturated/α-hetero) is 1. The van der Waals surface area contributed by atoms with E-state index in [4.69, 9.17) is 5.73 Å². The molecule has 0 fully saturated rings. The molecule has 0 spiro atoms. The molecule has 0 heterocycles. The highest BCUT2D eigenvalue weighted by Gasteiger charge is 2.23. The Balaban J connectivity index is 2.81. The van der Waals surface area contributed by atoms with Crippen molar-refractivity contribution in [1.29, 1.82) is 0 Å². The van der Waals surface area contributed by atoms with Crippen molar-refractivity contribution in [2.24, 2.45) is 5.73 Å². The average molecular weight is 193 g/mol. The predicted octanol–water partition coefficient (Wildman–Crippen LogP) is 0.428. The fourth-order valence-corrected chi connectivity index (χ4v) is 1.04. The summed E-state index contributed by atoms with van der Waals surface area (Å²) in [6.45, 7) is 0. The summed E-state index contributed by atoms with van der Waals surface area (Å²) in [5.41, 5.74) is 6.16. The maximum Gasteiger partial charge on any atom is 0.376 e. The zero-order valence-corrected chi connectivity index (χ0v) is 7.77. The van der Waals surface area contributed by atoms with Gasteiger partial charge in [0.15, 0.2) is 0 Å². The third-order valence-corrected chi connectivity index (χ3v) is 1.83. The van der Waals surface area contributed by atoms with Crippen LogP contribution in [0.4, 0.5) is 0 Å². The highest BCUT2D eigenvalue weighted by Crippen LogP contribution is 2.10. The van der Waals surface area contributed by atoms with Gasteiger partial charge in [0.2, 0.25) is 0 Å². The summed E-state index contributed by atoms with van der Waals surface area (Å²) in [6.07, 6.45) is 0. The molecule has 2 N–H and O–H groups in total. The van der Waals surface area contributed by atoms with Gasteiger partial charge in [0.1, 0.15) is 6.04 Å². The second-order valence-corrected chi connectivity index (χ2v) is 2.74. The maximum atomic E-state index is 11.3. The Morgan fingerprint density at radius 3 is 2.36 bits per heavy atom. The number of hydrogen-bond acceptors (Lipinski definition) is 4. The number of esters is 1. The Kier molecular flexibility index (Phi) is 3.36. The van der Waals surface area contributed by atoms with E-state index in [1.807, 2.05) is 0 Å². The standard InChI is InChI=1S/C10H11NO3/c1-14-10(13)9(12)8(11)7-5-3-2-4-6-7/h2-6,8H,11H2,1H3/t8-/m0/s1. The number of nitrogens with two attached hydrogens (primary N) is 1. The normalized spacial score (nSPS) is 11.9. The largest absolute Gasteiger partial charge is 0.463 e. The molecule has 1 aromatic carbocycles. The number of benzene rings is 1. The topological polar surface area (TPSA) is 69.4 Å². The molecule has 0 bridgehead atoms. The Labute approximate surface area is 81.7 Å². The van der Waals surface area contributed by atoms with E-state index < -0.39 is 17.8 Å². The highest BCUT2D eigenvalue weighted by molar-refractivity contribution is 6.35. The minimum absolute atomic E-state index is 0.600. The number of methoxy groups -OCH3 is 1. The molecule has 0 radical (unpaired) electrons. The van der Waals surface area contributed by atoms with Crippen LogP contribution in [-0.4, -0.2) is 18.9 Å². The van der Waals surface area contributed by atoms with E-state index in [1.54, 1.807) is 30.3 Å². The van der Waals surface area contributed by atoms with Gasteiger partial charge in [0, 0.05) is 0 Å². The van der Waals surface area contributed by atoms with Crippen LogP contribution < -0.4 is 5.73 Å². The molecule has 4 heteroatoms. The summed E-state index contributed by atoms with van der Waals surface area (Å²) in [5, 5.41) is 0. The lowest BCUT2D eigenvalue weighted by molar-refractivity contribution is -0.152. The summed E-state index contributed by atoms with van der Waals surface area (Å²) in [7, 11) is 1.15. The van der Waals surface area contributed by atoms with Crippen LogP contribution in [0.2, 0.25) is 0 Å². The van der Waals surface area contributed by atoms with Crippen molar-refractivity contribution in [2.75, 3.05) is 7.11 Å². The molecule has 74 valence electrons. The number of ether oxygens (including phenoxy) is 1. The molecule has 0 saturated heterocycles. The van der Waals surface area contributed by atoms with Crippen molar-refractivity contribution in [3.63, 3.8) is 0 Å². The van der Waals surface area contributed by atoms with Crippen LogP contribution in [0.3, 0.4) is 0 Å². The van der Waals surface area contributed by atoms with Crippen LogP contribution in [0.15, 0.2) is 30.3 Å². The quantitative estimate of drug-likeness (QED) is 0.558. The molecular formula is C10H11NO3. The van der Waals surface area contributed by atoms with Gasteiger partial charge in [0.05, 0.1) is 7.11 Å². The first kappa shape index (κ1) is 10.4. The molecule has 4 nitrogen and oxygen atoms in total. The zero-order valence-electron chi connectivity index (χ0n) is 7.77. The van der Waals surface area contributed by atoms with Gasteiger partial charge in [-0.25, -0.2) is 4.79 Å². The minimum atomic E-state index is -0.941. The van der Waals surface area contributed by atoms with Crippen molar-refractivity contribution in [1.82, 2.24) is 0 Å². The second kappa shape index (κ2) is 4.53. The lowest BCUT2D eigenvalue weighted by Crippen LogP contribution is -2.29. The summed E-state index contributed by atoms with van der Waals surface area (Å²) < 4.78 is 4.29. The lowest BCUT2D eigenvalue weighted by atomic mass is 10.0. The van der Waals surface area contributed by atoms with Crippen molar-refractivity contribution in [3.05, 3.63) is 35.9 Å². The number of ketones is 1. The van der Waals surface area contributed by atoms with Crippen molar-refractivity contribution in [2.45, 2.75) is 6.04 Å². The Morgan fingerprint density at radius 1 is 1.29 bits per heavy atom. The smallest absolute Gasteiger partial charge is 0.376 e. The van der Waals surface area contributed by atoms with Crippen LogP contribution in [0, 0.1) is 0 Å². The van der Waals surface area contributed by atoms with Gasteiger partial charge in [-0.15, -0.1) is 0 Å². The molecule has 0 amide bonds. The second-order valence-electron chi connectivity index (χ2n) is 2.74. The third kappa shape index (κ3) is 2.17. The fourth-order valence-electron chi connectivity index (χ4n) is 1.04. The first-order valence-electron chi connectivity index (χ1n) is 4.09. The van der Waals surface area contributed by atoms with E-state index in [9.17, 15) is 9.59 Å². The average Bonchev–Trinajstić information content (AvgIpc) is 2.27. The molecular weight excluding hydrogens is 182 g/mol. The molecule has 14 heavy (non-hydrogen) atoms. The van der Waals surface area contributed by atoms with Crippen LogP contribution in [0.5, 0.6) is 0 Å². The van der Waals surface area contributed by atoms with E-state index in [1.165, 1.54) is 0 Å². The van der Waals surface area contributed by atoms with E-state index >= 15 is 0 Å². The molecule has 0 aromatic heterocycles. The predicted molar refractivity (Wildman–Crippen MR) is 50.4 cm³/mol. The molecule has 0 unspecified atom stereocenters. The van der Waals surface area contributed by atoms with E-state index in [-0.39, 0.29) is 0 Å². The Morgan fingerprint density at radius 2 is 1.86 bits per heavy atom. The molecule has 0 aliphatic rings. The van der Waals surface area contributed by atoms with Gasteiger partial charge >= 0.3 is 5.97 Å². The number of rotatable bonds is 3. The van der Waals surface area contributed by atoms with Gasteiger partial charge in [-0.3, -0.25) is 4.79 Å². The van der Waals surface area contributed by atoms with E-state index in [0.717, 1.165) is 7.11 Å². The summed E-state index contributed by atoms with van der Waals surface area (Å²) in [4.78, 5) is 22.1. The van der Waals surface area contributed by atoms with Gasteiger partial charge in [-0.1, -0.05) is 30.3 Å². The monoisotopic (exact) mass is 193 g/mol. The summed E-state index contributed by atoms with van der Waals surface area (Å²) >= 11 is 0. The van der Waals surface area contributed by atoms with E-state index in [2.05, 4.69) is 4.74 Å². The number of carbonyl (C=O) groups excluding carboxylic acids is 2. The molecule has 1 aromatic rings. The highest BCUT2D eigenvalue weighted by atomic mass is 16.5. The van der Waals surface area contributed by atoms with Gasteiger partial charge in [-0.05, 0) is 5.56 Å². The maximum absolute atomic E-state index is 11.3. The van der Waals surface area contributed by atoms with Crippen LogP contribution in [0.25, 0.3) is 0 Å².